The second-order valence-corrected chi connectivity index (χ2v) is 9.46. The molecule has 0 saturated carbocycles. The van der Waals surface area contributed by atoms with Gasteiger partial charge in [0.2, 0.25) is 0 Å². The number of carbonyl (C=O) groups excluding carboxylic acids is 1. The zero-order chi connectivity index (χ0) is 28.9. The molecule has 0 fully saturated rings. The number of hydrogen-bond acceptors (Lipinski definition) is 3. The van der Waals surface area contributed by atoms with E-state index >= 15 is 0 Å². The molecule has 0 aromatic heterocycles. The van der Waals surface area contributed by atoms with E-state index in [1.807, 2.05) is 30.3 Å². The van der Waals surface area contributed by atoms with Crippen molar-refractivity contribution in [2.24, 2.45) is 0 Å². The van der Waals surface area contributed by atoms with E-state index in [2.05, 4.69) is 5.32 Å². The van der Waals surface area contributed by atoms with E-state index in [0.717, 1.165) is 17.7 Å². The van der Waals surface area contributed by atoms with Crippen LogP contribution in [0.1, 0.15) is 38.2 Å². The highest BCUT2D eigenvalue weighted by atomic mass is 19.4. The van der Waals surface area contributed by atoms with E-state index in [9.17, 15) is 27.9 Å². The van der Waals surface area contributed by atoms with Gasteiger partial charge in [-0.1, -0.05) is 60.7 Å². The Morgan fingerprint density at radius 3 is 2.05 bits per heavy atom. The SMILES string of the molecule is Cc1cc(OCCc2ccccc2)cc(C)c1C(=O)Nc1cc(CC(=O)O)c(-c2ccccc2)cc1C(F)(F)F. The molecule has 40 heavy (non-hydrogen) atoms. The van der Waals surface area contributed by atoms with Gasteiger partial charge in [0.1, 0.15) is 5.75 Å². The first kappa shape index (κ1) is 28.4. The van der Waals surface area contributed by atoms with Crippen LogP contribution in [-0.2, 0) is 23.8 Å². The quantitative estimate of drug-likeness (QED) is 0.228. The van der Waals surface area contributed by atoms with E-state index in [-0.39, 0.29) is 16.7 Å². The first-order valence-electron chi connectivity index (χ1n) is 12.6. The van der Waals surface area contributed by atoms with Gasteiger partial charge in [0.05, 0.1) is 24.3 Å². The minimum Gasteiger partial charge on any atom is -0.493 e. The van der Waals surface area contributed by atoms with E-state index in [1.165, 1.54) is 0 Å². The number of carboxylic acid groups (broad SMARTS) is 1. The van der Waals surface area contributed by atoms with E-state index in [4.69, 9.17) is 4.74 Å². The van der Waals surface area contributed by atoms with Gasteiger partial charge in [-0.25, -0.2) is 0 Å². The van der Waals surface area contributed by atoms with Crippen LogP contribution in [-0.4, -0.2) is 23.6 Å². The first-order valence-corrected chi connectivity index (χ1v) is 12.6. The number of halogens is 3. The van der Waals surface area contributed by atoms with Gasteiger partial charge in [-0.3, -0.25) is 9.59 Å². The van der Waals surface area contributed by atoms with Crippen LogP contribution in [0.3, 0.4) is 0 Å². The molecule has 0 aliphatic heterocycles. The number of anilines is 1. The Labute approximate surface area is 230 Å². The molecule has 8 heteroatoms. The molecule has 4 aromatic carbocycles. The van der Waals surface area contributed by atoms with Gasteiger partial charge in [0.15, 0.2) is 0 Å². The molecule has 4 aromatic rings. The third kappa shape index (κ3) is 6.88. The lowest BCUT2D eigenvalue weighted by Crippen LogP contribution is -2.19. The van der Waals surface area contributed by atoms with Crippen molar-refractivity contribution >= 4 is 17.6 Å². The number of nitrogens with one attached hydrogen (secondary N) is 1. The van der Waals surface area contributed by atoms with Gasteiger partial charge in [-0.15, -0.1) is 0 Å². The topological polar surface area (TPSA) is 75.6 Å². The van der Waals surface area contributed by atoms with Gasteiger partial charge in [0, 0.05) is 12.0 Å². The highest BCUT2D eigenvalue weighted by Crippen LogP contribution is 2.40. The van der Waals surface area contributed by atoms with Crippen LogP contribution in [0.5, 0.6) is 5.75 Å². The van der Waals surface area contributed by atoms with E-state index in [0.29, 0.717) is 35.5 Å². The van der Waals surface area contributed by atoms with Gasteiger partial charge in [0.25, 0.3) is 5.91 Å². The van der Waals surface area contributed by atoms with Crippen LogP contribution in [0.2, 0.25) is 0 Å². The minimum atomic E-state index is -4.80. The van der Waals surface area contributed by atoms with Gasteiger partial charge in [-0.05, 0) is 71.5 Å². The monoisotopic (exact) mass is 547 g/mol. The predicted molar refractivity (Wildman–Crippen MR) is 148 cm³/mol. The summed E-state index contributed by atoms with van der Waals surface area (Å²) in [7, 11) is 0. The fraction of sp³-hybridized carbons (Fsp3) is 0.188. The Kier molecular flexibility index (Phi) is 8.58. The standard InChI is InChI=1S/C32H28F3NO4/c1-20-15-25(40-14-13-22-9-5-3-6-10-22)16-21(2)30(20)31(39)36-28-17-24(18-29(37)38)26(19-27(28)32(33,34)35)23-11-7-4-8-12-23/h3-12,15-17,19H,13-14,18H2,1-2H3,(H,36,39)(H,37,38). The summed E-state index contributed by atoms with van der Waals surface area (Å²) in [6, 6.07) is 23.4. The Hall–Kier alpha value is -4.59. The summed E-state index contributed by atoms with van der Waals surface area (Å²) in [4.78, 5) is 24.8. The molecule has 0 heterocycles. The number of ether oxygens (including phenoxy) is 1. The predicted octanol–water partition coefficient (Wildman–Crippen LogP) is 7.49. The summed E-state index contributed by atoms with van der Waals surface area (Å²) in [5.74, 6) is -1.39. The minimum absolute atomic E-state index is 0.137. The zero-order valence-electron chi connectivity index (χ0n) is 22.0. The average molecular weight is 548 g/mol. The number of aryl methyl sites for hydroxylation is 2. The van der Waals surface area contributed by atoms with Crippen molar-refractivity contribution in [3.63, 3.8) is 0 Å². The van der Waals surface area contributed by atoms with E-state index < -0.39 is 35.7 Å². The second-order valence-electron chi connectivity index (χ2n) is 9.46. The molecule has 206 valence electrons. The van der Waals surface area contributed by atoms with Crippen LogP contribution in [0.15, 0.2) is 84.9 Å². The maximum absolute atomic E-state index is 14.2. The molecule has 0 aliphatic rings. The molecule has 0 saturated heterocycles. The van der Waals surface area contributed by atoms with Crippen molar-refractivity contribution in [1.29, 1.82) is 0 Å². The molecular formula is C32H28F3NO4. The molecule has 5 nitrogen and oxygen atoms in total. The van der Waals surface area contributed by atoms with Crippen molar-refractivity contribution in [2.45, 2.75) is 32.9 Å². The van der Waals surface area contributed by atoms with Crippen molar-refractivity contribution in [3.05, 3.63) is 118 Å². The van der Waals surface area contributed by atoms with Crippen LogP contribution >= 0.6 is 0 Å². The third-order valence-electron chi connectivity index (χ3n) is 6.46. The number of benzene rings is 4. The summed E-state index contributed by atoms with van der Waals surface area (Å²) >= 11 is 0. The largest absolute Gasteiger partial charge is 0.493 e. The highest BCUT2D eigenvalue weighted by Gasteiger charge is 2.35. The van der Waals surface area contributed by atoms with E-state index in [1.54, 1.807) is 56.3 Å². The van der Waals surface area contributed by atoms with Gasteiger partial charge < -0.3 is 15.2 Å². The second kappa shape index (κ2) is 12.1. The highest BCUT2D eigenvalue weighted by molar-refractivity contribution is 6.07. The summed E-state index contributed by atoms with van der Waals surface area (Å²) in [6.07, 6.45) is -4.62. The Morgan fingerprint density at radius 1 is 0.875 bits per heavy atom. The molecule has 0 atom stereocenters. The smallest absolute Gasteiger partial charge is 0.418 e. The number of rotatable bonds is 9. The zero-order valence-corrected chi connectivity index (χ0v) is 22.0. The number of carboxylic acids is 1. The maximum Gasteiger partial charge on any atom is 0.418 e. The van der Waals surface area contributed by atoms with Crippen LogP contribution in [0.25, 0.3) is 11.1 Å². The average Bonchev–Trinajstić information content (AvgIpc) is 2.88. The van der Waals surface area contributed by atoms with Crippen LogP contribution in [0, 0.1) is 13.8 Å². The number of carbonyl (C=O) groups is 2. The molecule has 0 aliphatic carbocycles. The Morgan fingerprint density at radius 2 is 1.48 bits per heavy atom. The number of alkyl halides is 3. The molecule has 0 spiro atoms. The van der Waals surface area contributed by atoms with Crippen LogP contribution < -0.4 is 10.1 Å². The number of aliphatic carboxylic acids is 1. The van der Waals surface area contributed by atoms with Crippen LogP contribution in [0.4, 0.5) is 18.9 Å². The van der Waals surface area contributed by atoms with Crippen molar-refractivity contribution in [2.75, 3.05) is 11.9 Å². The molecule has 1 amide bonds. The van der Waals surface area contributed by atoms with Crippen molar-refractivity contribution in [1.82, 2.24) is 0 Å². The number of hydrogen-bond donors (Lipinski definition) is 2. The summed E-state index contributed by atoms with van der Waals surface area (Å²) < 4.78 is 48.3. The molecular weight excluding hydrogens is 519 g/mol. The molecule has 0 radical (unpaired) electrons. The Bertz CT molecular complexity index is 1490. The third-order valence-corrected chi connectivity index (χ3v) is 6.46. The van der Waals surface area contributed by atoms with Gasteiger partial charge in [-0.2, -0.15) is 13.2 Å². The van der Waals surface area contributed by atoms with Crippen molar-refractivity contribution < 1.29 is 32.6 Å². The molecule has 4 rings (SSSR count). The van der Waals surface area contributed by atoms with Crippen molar-refractivity contribution in [3.8, 4) is 16.9 Å². The lowest BCUT2D eigenvalue weighted by Gasteiger charge is -2.20. The maximum atomic E-state index is 14.2. The summed E-state index contributed by atoms with van der Waals surface area (Å²) in [6.45, 7) is 3.79. The summed E-state index contributed by atoms with van der Waals surface area (Å²) in [5, 5.41) is 11.8. The number of amides is 1. The van der Waals surface area contributed by atoms with Gasteiger partial charge >= 0.3 is 12.1 Å². The lowest BCUT2D eigenvalue weighted by atomic mass is 9.93. The molecule has 0 bridgehead atoms. The lowest BCUT2D eigenvalue weighted by molar-refractivity contribution is -0.137. The first-order chi connectivity index (χ1) is 19.0. The molecule has 2 N–H and O–H groups in total. The fourth-order valence-corrected chi connectivity index (χ4v) is 4.66. The summed E-state index contributed by atoms with van der Waals surface area (Å²) in [5.41, 5.74) is 1.57. The normalized spacial score (nSPS) is 11.2. The molecule has 0 unspecified atom stereocenters. The fourth-order valence-electron chi connectivity index (χ4n) is 4.66. The Balaban J connectivity index is 1.63.